The minimum atomic E-state index is -4.27. The molecule has 1 N–H and O–H groups in total. The third-order valence-electron chi connectivity index (χ3n) is 3.31. The average Bonchev–Trinajstić information content (AvgIpc) is 2.95. The van der Waals surface area contributed by atoms with Gasteiger partial charge in [0.15, 0.2) is 0 Å². The van der Waals surface area contributed by atoms with E-state index in [0.29, 0.717) is 24.5 Å². The van der Waals surface area contributed by atoms with Crippen LogP contribution >= 0.6 is 11.3 Å². The van der Waals surface area contributed by atoms with E-state index in [2.05, 4.69) is 5.32 Å². The predicted molar refractivity (Wildman–Crippen MR) is 64.7 cm³/mol. The molecule has 2 heterocycles. The van der Waals surface area contributed by atoms with Crippen LogP contribution in [0.25, 0.3) is 0 Å². The van der Waals surface area contributed by atoms with Crippen molar-refractivity contribution in [3.63, 3.8) is 0 Å². The lowest BCUT2D eigenvalue weighted by molar-refractivity contribution is -0.138. The van der Waals surface area contributed by atoms with E-state index >= 15 is 0 Å². The number of ether oxygens (including phenoxy) is 1. The number of hydrogen-bond donors (Lipinski definition) is 1. The molecule has 0 amide bonds. The Morgan fingerprint density at radius 3 is 2.83 bits per heavy atom. The zero-order chi connectivity index (χ0) is 13.2. The second-order valence-corrected chi connectivity index (χ2v) is 5.29. The van der Waals surface area contributed by atoms with Crippen molar-refractivity contribution in [1.82, 2.24) is 5.32 Å². The summed E-state index contributed by atoms with van der Waals surface area (Å²) in [4.78, 5) is 0. The molecular weight excluding hydrogens is 263 g/mol. The van der Waals surface area contributed by atoms with Crippen molar-refractivity contribution in [2.24, 2.45) is 5.92 Å². The van der Waals surface area contributed by atoms with E-state index in [9.17, 15) is 13.2 Å². The minimum absolute atomic E-state index is 0.250. The fourth-order valence-corrected chi connectivity index (χ4v) is 3.22. The highest BCUT2D eigenvalue weighted by Gasteiger charge is 2.36. The third-order valence-corrected chi connectivity index (χ3v) is 4.08. The van der Waals surface area contributed by atoms with Crippen LogP contribution in [0.2, 0.25) is 0 Å². The summed E-state index contributed by atoms with van der Waals surface area (Å²) in [7, 11) is 1.71. The highest BCUT2D eigenvalue weighted by molar-refractivity contribution is 7.08. The summed E-state index contributed by atoms with van der Waals surface area (Å²) in [5, 5.41) is 5.78. The molecule has 1 aromatic heterocycles. The van der Waals surface area contributed by atoms with Gasteiger partial charge in [0.1, 0.15) is 0 Å². The smallest absolute Gasteiger partial charge is 0.381 e. The molecule has 2 unspecified atom stereocenters. The van der Waals surface area contributed by atoms with Crippen molar-refractivity contribution in [3.8, 4) is 0 Å². The molecule has 1 aromatic rings. The first kappa shape index (κ1) is 13.8. The van der Waals surface area contributed by atoms with Crippen molar-refractivity contribution in [2.45, 2.75) is 25.1 Å². The summed E-state index contributed by atoms with van der Waals surface area (Å²) in [6.45, 7) is 1.38. The van der Waals surface area contributed by atoms with E-state index in [-0.39, 0.29) is 6.04 Å². The second-order valence-electron chi connectivity index (χ2n) is 4.55. The number of rotatable bonds is 4. The number of thiophene rings is 1. The van der Waals surface area contributed by atoms with Crippen molar-refractivity contribution >= 4 is 11.3 Å². The van der Waals surface area contributed by atoms with Crippen molar-refractivity contribution in [1.29, 1.82) is 0 Å². The maximum Gasteiger partial charge on any atom is 0.417 e. The van der Waals surface area contributed by atoms with Crippen molar-refractivity contribution in [3.05, 3.63) is 21.9 Å². The first-order valence-electron chi connectivity index (χ1n) is 5.90. The first-order chi connectivity index (χ1) is 8.52. The van der Waals surface area contributed by atoms with Crippen LogP contribution < -0.4 is 5.32 Å². The van der Waals surface area contributed by atoms with E-state index in [4.69, 9.17) is 4.74 Å². The Kier molecular flexibility index (Phi) is 4.29. The molecular formula is C12H16F3NOS. The van der Waals surface area contributed by atoms with Gasteiger partial charge in [-0.25, -0.2) is 0 Å². The van der Waals surface area contributed by atoms with E-state index < -0.39 is 11.7 Å². The van der Waals surface area contributed by atoms with Gasteiger partial charge in [-0.2, -0.15) is 24.5 Å². The molecule has 2 atom stereocenters. The van der Waals surface area contributed by atoms with Gasteiger partial charge in [-0.15, -0.1) is 0 Å². The molecule has 2 rings (SSSR count). The molecule has 0 radical (unpaired) electrons. The van der Waals surface area contributed by atoms with Gasteiger partial charge in [0, 0.05) is 24.6 Å². The Hall–Kier alpha value is -0.590. The predicted octanol–water partition coefficient (Wildman–Crippen LogP) is 3.45. The van der Waals surface area contributed by atoms with Gasteiger partial charge < -0.3 is 10.1 Å². The molecule has 2 nitrogen and oxygen atoms in total. The van der Waals surface area contributed by atoms with Crippen LogP contribution in [-0.4, -0.2) is 20.3 Å². The molecule has 0 saturated carbocycles. The molecule has 1 aliphatic heterocycles. The standard InChI is InChI=1S/C12H16F3NOS/c1-16-11(4-8-2-3-17-5-8)9-6-18-7-10(9)12(13,14)15/h6-8,11,16H,2-5H2,1H3. The van der Waals surface area contributed by atoms with Crippen LogP contribution in [-0.2, 0) is 10.9 Å². The van der Waals surface area contributed by atoms with Gasteiger partial charge >= 0.3 is 6.18 Å². The van der Waals surface area contributed by atoms with Gasteiger partial charge in [-0.05, 0) is 36.8 Å². The lowest BCUT2D eigenvalue weighted by Crippen LogP contribution is -2.22. The molecule has 18 heavy (non-hydrogen) atoms. The molecule has 0 aromatic carbocycles. The summed E-state index contributed by atoms with van der Waals surface area (Å²) in [5.74, 6) is 0.350. The second kappa shape index (κ2) is 5.59. The summed E-state index contributed by atoms with van der Waals surface area (Å²) in [5.41, 5.74) is -0.146. The van der Waals surface area contributed by atoms with E-state index in [1.807, 2.05) is 0 Å². The zero-order valence-corrected chi connectivity index (χ0v) is 10.9. The largest absolute Gasteiger partial charge is 0.417 e. The van der Waals surface area contributed by atoms with Gasteiger partial charge in [0.2, 0.25) is 0 Å². The number of halogens is 3. The van der Waals surface area contributed by atoms with Gasteiger partial charge in [0.05, 0.1) is 5.56 Å². The molecule has 1 saturated heterocycles. The van der Waals surface area contributed by atoms with Gasteiger partial charge in [0.25, 0.3) is 0 Å². The summed E-state index contributed by atoms with van der Waals surface area (Å²) < 4.78 is 43.8. The Morgan fingerprint density at radius 2 is 2.28 bits per heavy atom. The van der Waals surface area contributed by atoms with Crippen molar-refractivity contribution in [2.75, 3.05) is 20.3 Å². The normalized spacial score (nSPS) is 22.3. The third kappa shape index (κ3) is 3.05. The minimum Gasteiger partial charge on any atom is -0.381 e. The Labute approximate surface area is 108 Å². The fourth-order valence-electron chi connectivity index (χ4n) is 2.31. The molecule has 0 spiro atoms. The fraction of sp³-hybridized carbons (Fsp3) is 0.667. The van der Waals surface area contributed by atoms with Crippen LogP contribution in [0.1, 0.15) is 30.0 Å². The molecule has 0 bridgehead atoms. The monoisotopic (exact) mass is 279 g/mol. The topological polar surface area (TPSA) is 21.3 Å². The van der Waals surface area contributed by atoms with Crippen LogP contribution in [0.15, 0.2) is 10.8 Å². The van der Waals surface area contributed by atoms with E-state index in [1.54, 1.807) is 12.4 Å². The Balaban J connectivity index is 2.14. The quantitative estimate of drug-likeness (QED) is 0.911. The maximum atomic E-state index is 12.8. The van der Waals surface area contributed by atoms with E-state index in [1.165, 1.54) is 5.38 Å². The Bertz CT molecular complexity index is 385. The lowest BCUT2D eigenvalue weighted by atomic mass is 9.93. The van der Waals surface area contributed by atoms with Crippen LogP contribution in [0.5, 0.6) is 0 Å². The molecule has 1 aliphatic rings. The summed E-state index contributed by atoms with van der Waals surface area (Å²) in [6.07, 6.45) is -2.64. The van der Waals surface area contributed by atoms with Gasteiger partial charge in [-0.1, -0.05) is 0 Å². The average molecular weight is 279 g/mol. The molecule has 0 aliphatic carbocycles. The summed E-state index contributed by atoms with van der Waals surface area (Å²) in [6, 6.07) is -0.250. The number of nitrogens with one attached hydrogen (secondary N) is 1. The molecule has 6 heteroatoms. The van der Waals surface area contributed by atoms with Crippen LogP contribution in [0, 0.1) is 5.92 Å². The maximum absolute atomic E-state index is 12.8. The van der Waals surface area contributed by atoms with Crippen LogP contribution in [0.4, 0.5) is 13.2 Å². The Morgan fingerprint density at radius 1 is 1.50 bits per heavy atom. The highest BCUT2D eigenvalue weighted by atomic mass is 32.1. The summed E-state index contributed by atoms with van der Waals surface area (Å²) >= 11 is 1.10. The SMILES string of the molecule is CNC(CC1CCOC1)c1cscc1C(F)(F)F. The van der Waals surface area contributed by atoms with Crippen molar-refractivity contribution < 1.29 is 17.9 Å². The van der Waals surface area contributed by atoms with Crippen LogP contribution in [0.3, 0.4) is 0 Å². The molecule has 1 fully saturated rings. The highest BCUT2D eigenvalue weighted by Crippen LogP contribution is 2.39. The van der Waals surface area contributed by atoms with E-state index in [0.717, 1.165) is 24.4 Å². The lowest BCUT2D eigenvalue weighted by Gasteiger charge is -2.21. The van der Waals surface area contributed by atoms with Gasteiger partial charge in [-0.3, -0.25) is 0 Å². The zero-order valence-electron chi connectivity index (χ0n) is 10.1. The molecule has 102 valence electrons. The number of hydrogen-bond acceptors (Lipinski definition) is 3. The first-order valence-corrected chi connectivity index (χ1v) is 6.85. The number of alkyl halides is 3.